The van der Waals surface area contributed by atoms with Crippen LogP contribution in [0.1, 0.15) is 27.9 Å². The number of nitrogens with two attached hydrogens (primary N) is 1. The van der Waals surface area contributed by atoms with Crippen LogP contribution in [-0.2, 0) is 6.54 Å². The van der Waals surface area contributed by atoms with E-state index in [1.807, 2.05) is 0 Å². The smallest absolute Gasteiger partial charge is 0.265 e. The van der Waals surface area contributed by atoms with Crippen molar-refractivity contribution < 1.29 is 4.79 Å². The van der Waals surface area contributed by atoms with Gasteiger partial charge in [-0.05, 0) is 6.42 Å². The molecule has 0 saturated carbocycles. The first-order valence-corrected chi connectivity index (χ1v) is 7.56. The van der Waals surface area contributed by atoms with E-state index in [0.29, 0.717) is 16.6 Å². The number of carbonyl (C=O) groups excluding carboxylic acids is 1. The van der Waals surface area contributed by atoms with Crippen molar-refractivity contribution in [2.75, 3.05) is 17.6 Å². The third-order valence-electron chi connectivity index (χ3n) is 2.29. The van der Waals surface area contributed by atoms with Crippen LogP contribution in [-0.4, -0.2) is 22.4 Å². The van der Waals surface area contributed by atoms with E-state index in [1.165, 1.54) is 22.7 Å². The predicted molar refractivity (Wildman–Crippen MR) is 78.6 cm³/mol. The summed E-state index contributed by atoms with van der Waals surface area (Å²) >= 11 is 2.77. The molecule has 0 saturated heterocycles. The van der Waals surface area contributed by atoms with Gasteiger partial charge >= 0.3 is 0 Å². The molecule has 4 N–H and O–H groups in total. The highest BCUT2D eigenvalue weighted by atomic mass is 32.1. The van der Waals surface area contributed by atoms with Crippen molar-refractivity contribution in [1.29, 1.82) is 0 Å². The molecule has 0 aliphatic heterocycles. The Hall–Kier alpha value is -1.67. The second-order valence-electron chi connectivity index (χ2n) is 3.81. The first kappa shape index (κ1) is 13.8. The molecule has 8 heteroatoms. The van der Waals surface area contributed by atoms with Gasteiger partial charge in [-0.1, -0.05) is 18.3 Å². The number of aromatic nitrogens is 2. The topological polar surface area (TPSA) is 92.9 Å². The lowest BCUT2D eigenvalue weighted by Crippen LogP contribution is -2.22. The zero-order valence-corrected chi connectivity index (χ0v) is 12.1. The van der Waals surface area contributed by atoms with Crippen LogP contribution in [0.4, 0.5) is 10.9 Å². The molecule has 2 heterocycles. The molecule has 0 spiro atoms. The Morgan fingerprint density at radius 3 is 3.05 bits per heavy atom. The summed E-state index contributed by atoms with van der Waals surface area (Å²) in [7, 11) is 0. The Bertz CT molecular complexity index is 537. The first-order chi connectivity index (χ1) is 9.20. The molecule has 2 aromatic heterocycles. The van der Waals surface area contributed by atoms with Gasteiger partial charge in [0.25, 0.3) is 5.91 Å². The number of nitrogens with zero attached hydrogens (tertiary/aromatic N) is 2. The van der Waals surface area contributed by atoms with Crippen LogP contribution in [0.25, 0.3) is 0 Å². The molecular formula is C11H15N5OS2. The first-order valence-electron chi connectivity index (χ1n) is 5.86. The summed E-state index contributed by atoms with van der Waals surface area (Å²) in [5.74, 6) is 0.0679. The highest BCUT2D eigenvalue weighted by Crippen LogP contribution is 2.24. The molecule has 0 radical (unpaired) electrons. The zero-order chi connectivity index (χ0) is 13.7. The van der Waals surface area contributed by atoms with Crippen LogP contribution in [0.15, 0.2) is 11.7 Å². The quantitative estimate of drug-likeness (QED) is 0.757. The Morgan fingerprint density at radius 1 is 1.53 bits per heavy atom. The maximum absolute atomic E-state index is 12.0. The fraction of sp³-hybridized carbons (Fsp3) is 0.364. The fourth-order valence-electron chi connectivity index (χ4n) is 1.38. The summed E-state index contributed by atoms with van der Waals surface area (Å²) in [6, 6.07) is 0. The maximum Gasteiger partial charge on any atom is 0.265 e. The van der Waals surface area contributed by atoms with E-state index in [4.69, 9.17) is 5.73 Å². The van der Waals surface area contributed by atoms with Gasteiger partial charge in [-0.3, -0.25) is 9.78 Å². The summed E-state index contributed by atoms with van der Waals surface area (Å²) in [6.07, 6.45) is 2.72. The van der Waals surface area contributed by atoms with Gasteiger partial charge in [0.15, 0.2) is 5.13 Å². The standard InChI is InChI=1S/C11H15N5OS2/c1-2-3-14-11-16-9(12)8(19-11)10(17)15-5-7-4-13-6-18-7/h4,6H,2-3,5,12H2,1H3,(H,14,16)(H,15,17). The van der Waals surface area contributed by atoms with Gasteiger partial charge in [0, 0.05) is 17.6 Å². The minimum Gasteiger partial charge on any atom is -0.382 e. The summed E-state index contributed by atoms with van der Waals surface area (Å²) in [5, 5.41) is 6.61. The number of thiazole rings is 2. The van der Waals surface area contributed by atoms with E-state index in [2.05, 4.69) is 27.5 Å². The number of rotatable bonds is 6. The predicted octanol–water partition coefficient (Wildman–Crippen LogP) is 1.93. The van der Waals surface area contributed by atoms with Crippen molar-refractivity contribution in [2.24, 2.45) is 0 Å². The van der Waals surface area contributed by atoms with Crippen molar-refractivity contribution in [3.05, 3.63) is 21.5 Å². The lowest BCUT2D eigenvalue weighted by molar-refractivity contribution is 0.0956. The van der Waals surface area contributed by atoms with Crippen LogP contribution in [0.3, 0.4) is 0 Å². The van der Waals surface area contributed by atoms with Crippen molar-refractivity contribution in [3.8, 4) is 0 Å². The molecule has 0 atom stereocenters. The summed E-state index contributed by atoms with van der Waals surface area (Å²) < 4.78 is 0. The molecule has 1 amide bonds. The van der Waals surface area contributed by atoms with Gasteiger partial charge in [-0.25, -0.2) is 4.98 Å². The molecule has 0 aliphatic rings. The third kappa shape index (κ3) is 3.65. The Labute approximate surface area is 119 Å². The van der Waals surface area contributed by atoms with E-state index in [-0.39, 0.29) is 11.7 Å². The Kier molecular flexibility index (Phi) is 4.69. The molecule has 19 heavy (non-hydrogen) atoms. The van der Waals surface area contributed by atoms with Gasteiger partial charge < -0.3 is 16.4 Å². The molecule has 2 aromatic rings. The molecular weight excluding hydrogens is 282 g/mol. The summed E-state index contributed by atoms with van der Waals surface area (Å²) in [5.41, 5.74) is 7.48. The van der Waals surface area contributed by atoms with Crippen LogP contribution in [0, 0.1) is 0 Å². The minimum atomic E-state index is -0.201. The lowest BCUT2D eigenvalue weighted by Gasteiger charge is -2.00. The van der Waals surface area contributed by atoms with Crippen LogP contribution in [0.5, 0.6) is 0 Å². The zero-order valence-electron chi connectivity index (χ0n) is 10.5. The highest BCUT2D eigenvalue weighted by Gasteiger charge is 2.15. The lowest BCUT2D eigenvalue weighted by atomic mass is 10.4. The number of carbonyl (C=O) groups is 1. The van der Waals surface area contributed by atoms with Gasteiger partial charge in [0.2, 0.25) is 0 Å². The number of hydrogen-bond acceptors (Lipinski definition) is 7. The van der Waals surface area contributed by atoms with Gasteiger partial charge in [-0.15, -0.1) is 11.3 Å². The molecule has 2 rings (SSSR count). The average molecular weight is 297 g/mol. The second-order valence-corrected chi connectivity index (χ2v) is 5.78. The van der Waals surface area contributed by atoms with E-state index >= 15 is 0 Å². The molecule has 0 aliphatic carbocycles. The van der Waals surface area contributed by atoms with Crippen LogP contribution < -0.4 is 16.4 Å². The van der Waals surface area contributed by atoms with Crippen molar-refractivity contribution >= 4 is 39.5 Å². The molecule has 102 valence electrons. The molecule has 0 unspecified atom stereocenters. The van der Waals surface area contributed by atoms with E-state index in [9.17, 15) is 4.79 Å². The third-order valence-corrected chi connectivity index (χ3v) is 4.10. The molecule has 0 aromatic carbocycles. The van der Waals surface area contributed by atoms with Crippen molar-refractivity contribution in [1.82, 2.24) is 15.3 Å². The average Bonchev–Trinajstić information content (AvgIpc) is 3.03. The Balaban J connectivity index is 1.96. The number of hydrogen-bond donors (Lipinski definition) is 3. The van der Waals surface area contributed by atoms with Crippen LogP contribution in [0.2, 0.25) is 0 Å². The summed E-state index contributed by atoms with van der Waals surface area (Å²) in [4.78, 5) is 21.5. The Morgan fingerprint density at radius 2 is 2.37 bits per heavy atom. The number of amides is 1. The SMILES string of the molecule is CCCNc1nc(N)c(C(=O)NCc2cncs2)s1. The van der Waals surface area contributed by atoms with E-state index < -0.39 is 0 Å². The van der Waals surface area contributed by atoms with Gasteiger partial charge in [0.05, 0.1) is 12.1 Å². The van der Waals surface area contributed by atoms with Crippen LogP contribution >= 0.6 is 22.7 Å². The van der Waals surface area contributed by atoms with E-state index in [0.717, 1.165) is 17.8 Å². The van der Waals surface area contributed by atoms with Crippen molar-refractivity contribution in [3.63, 3.8) is 0 Å². The maximum atomic E-state index is 12.0. The second kappa shape index (κ2) is 6.48. The number of nitrogen functional groups attached to an aromatic ring is 1. The van der Waals surface area contributed by atoms with Gasteiger partial charge in [-0.2, -0.15) is 0 Å². The molecule has 6 nitrogen and oxygen atoms in total. The van der Waals surface area contributed by atoms with Gasteiger partial charge in [0.1, 0.15) is 10.7 Å². The minimum absolute atomic E-state index is 0.201. The highest BCUT2D eigenvalue weighted by molar-refractivity contribution is 7.18. The largest absolute Gasteiger partial charge is 0.382 e. The summed E-state index contributed by atoms with van der Waals surface area (Å²) in [6.45, 7) is 3.33. The molecule has 0 bridgehead atoms. The number of nitrogens with one attached hydrogen (secondary N) is 2. The molecule has 0 fully saturated rings. The van der Waals surface area contributed by atoms with Crippen molar-refractivity contribution in [2.45, 2.75) is 19.9 Å². The monoisotopic (exact) mass is 297 g/mol. The van der Waals surface area contributed by atoms with E-state index in [1.54, 1.807) is 11.7 Å². The normalized spacial score (nSPS) is 10.4. The fourth-order valence-corrected chi connectivity index (χ4v) is 2.74. The number of anilines is 2.